The Morgan fingerprint density at radius 1 is 0.812 bits per heavy atom. The van der Waals surface area contributed by atoms with E-state index in [0.29, 0.717) is 5.69 Å². The highest BCUT2D eigenvalue weighted by Crippen LogP contribution is 2.19. The van der Waals surface area contributed by atoms with Crippen LogP contribution in [-0.4, -0.2) is 68.8 Å². The molecule has 0 aliphatic carbocycles. The number of nitrogens with one attached hydrogen (secondary N) is 1. The minimum absolute atomic E-state index is 0.378. The lowest BCUT2D eigenvalue weighted by Gasteiger charge is -2.30. The summed E-state index contributed by atoms with van der Waals surface area (Å²) >= 11 is 0. The van der Waals surface area contributed by atoms with Gasteiger partial charge in [-0.25, -0.2) is 0 Å². The highest BCUT2D eigenvalue weighted by atomic mass is 16.6. The van der Waals surface area contributed by atoms with Crippen molar-refractivity contribution in [3.8, 4) is 0 Å². The fourth-order valence-corrected chi connectivity index (χ4v) is 2.64. The third-order valence-corrected chi connectivity index (χ3v) is 3.94. The van der Waals surface area contributed by atoms with Gasteiger partial charge in [0.25, 0.3) is 5.91 Å². The largest absolute Gasteiger partial charge is 0.462 e. The van der Waals surface area contributed by atoms with Crippen LogP contribution in [0.3, 0.4) is 0 Å². The van der Waals surface area contributed by atoms with Crippen molar-refractivity contribution in [1.82, 2.24) is 0 Å². The van der Waals surface area contributed by atoms with E-state index in [1.165, 1.54) is 0 Å². The molecule has 0 saturated heterocycles. The molecule has 11 heteroatoms. The molecule has 0 unspecified atom stereocenters. The van der Waals surface area contributed by atoms with Crippen molar-refractivity contribution in [2.75, 3.05) is 30.9 Å². The van der Waals surface area contributed by atoms with E-state index in [1.54, 1.807) is 24.3 Å². The number of benzene rings is 1. The summed E-state index contributed by atoms with van der Waals surface area (Å²) < 4.78 is 20.2. The molecule has 0 spiro atoms. The van der Waals surface area contributed by atoms with Crippen LogP contribution in [0.25, 0.3) is 0 Å². The van der Waals surface area contributed by atoms with Crippen molar-refractivity contribution >= 4 is 41.2 Å². The molecule has 32 heavy (non-hydrogen) atoms. The van der Waals surface area contributed by atoms with Gasteiger partial charge in [-0.15, -0.1) is 0 Å². The fraction of sp³-hybridized carbons (Fsp3) is 0.476. The van der Waals surface area contributed by atoms with Crippen LogP contribution >= 0.6 is 0 Å². The number of amides is 1. The molecular weight excluding hydrogens is 424 g/mol. The first-order valence-electron chi connectivity index (χ1n) is 9.64. The molecular formula is C21H28N2O9. The predicted molar refractivity (Wildman–Crippen MR) is 113 cm³/mol. The van der Waals surface area contributed by atoms with Crippen LogP contribution in [0.15, 0.2) is 24.3 Å². The van der Waals surface area contributed by atoms with Crippen molar-refractivity contribution in [1.29, 1.82) is 0 Å². The number of esters is 4. The zero-order chi connectivity index (χ0) is 24.4. The molecule has 0 fully saturated rings. The van der Waals surface area contributed by atoms with Crippen LogP contribution < -0.4 is 10.2 Å². The van der Waals surface area contributed by atoms with Crippen LogP contribution in [0.5, 0.6) is 0 Å². The van der Waals surface area contributed by atoms with Gasteiger partial charge in [-0.1, -0.05) is 0 Å². The Hall–Kier alpha value is -3.63. The Morgan fingerprint density at radius 3 is 1.78 bits per heavy atom. The van der Waals surface area contributed by atoms with E-state index in [9.17, 15) is 24.0 Å². The van der Waals surface area contributed by atoms with Gasteiger partial charge < -0.3 is 29.2 Å². The van der Waals surface area contributed by atoms with Crippen LogP contribution in [-0.2, 0) is 42.9 Å². The Kier molecular flexibility index (Phi) is 10.1. The minimum Gasteiger partial charge on any atom is -0.462 e. The second kappa shape index (κ2) is 12.3. The van der Waals surface area contributed by atoms with Gasteiger partial charge in [0, 0.05) is 53.2 Å². The average Bonchev–Trinajstić information content (AvgIpc) is 2.67. The highest BCUT2D eigenvalue weighted by molar-refractivity contribution is 5.96. The Bertz CT molecular complexity index is 836. The molecule has 11 nitrogen and oxygen atoms in total. The minimum atomic E-state index is -1.70. The normalized spacial score (nSPS) is 13.1. The molecule has 176 valence electrons. The summed E-state index contributed by atoms with van der Waals surface area (Å²) in [4.78, 5) is 61.0. The molecule has 1 aromatic rings. The summed E-state index contributed by atoms with van der Waals surface area (Å²) in [5, 5.41) is 2.57. The first kappa shape index (κ1) is 26.4. The number of ether oxygens (including phenoxy) is 4. The quantitative estimate of drug-likeness (QED) is 0.405. The van der Waals surface area contributed by atoms with Crippen LogP contribution in [0, 0.1) is 0 Å². The molecule has 1 rings (SSSR count). The van der Waals surface area contributed by atoms with Gasteiger partial charge >= 0.3 is 23.9 Å². The lowest BCUT2D eigenvalue weighted by Crippen LogP contribution is -2.52. The average molecular weight is 452 g/mol. The van der Waals surface area contributed by atoms with Crippen LogP contribution in [0.1, 0.15) is 27.7 Å². The van der Waals surface area contributed by atoms with E-state index in [-0.39, 0.29) is 0 Å². The zero-order valence-corrected chi connectivity index (χ0v) is 18.9. The van der Waals surface area contributed by atoms with Gasteiger partial charge in [0.2, 0.25) is 6.10 Å². The predicted octanol–water partition coefficient (Wildman–Crippen LogP) is 1.05. The zero-order valence-electron chi connectivity index (χ0n) is 18.9. The lowest BCUT2D eigenvalue weighted by atomic mass is 10.1. The Morgan fingerprint density at radius 2 is 1.34 bits per heavy atom. The van der Waals surface area contributed by atoms with E-state index in [0.717, 1.165) is 33.4 Å². The number of hydrogen-bond donors (Lipinski definition) is 1. The maximum absolute atomic E-state index is 13.0. The number of carbonyl (C=O) groups is 5. The van der Waals surface area contributed by atoms with Gasteiger partial charge in [-0.05, 0) is 24.3 Å². The number of anilines is 2. The molecule has 0 heterocycles. The molecule has 0 saturated carbocycles. The van der Waals surface area contributed by atoms with Gasteiger partial charge in [-0.3, -0.25) is 24.0 Å². The molecule has 1 N–H and O–H groups in total. The first-order chi connectivity index (χ1) is 14.9. The maximum atomic E-state index is 13.0. The second-order valence-electron chi connectivity index (χ2n) is 6.99. The molecule has 0 aliphatic heterocycles. The van der Waals surface area contributed by atoms with E-state index in [1.807, 2.05) is 19.0 Å². The van der Waals surface area contributed by atoms with Gasteiger partial charge in [0.15, 0.2) is 12.2 Å². The highest BCUT2D eigenvalue weighted by Gasteiger charge is 2.42. The second-order valence-corrected chi connectivity index (χ2v) is 6.99. The fourth-order valence-electron chi connectivity index (χ4n) is 2.64. The summed E-state index contributed by atoms with van der Waals surface area (Å²) in [6.45, 7) is 3.80. The third-order valence-electron chi connectivity index (χ3n) is 3.94. The van der Waals surface area contributed by atoms with Crippen molar-refractivity contribution in [3.63, 3.8) is 0 Å². The summed E-state index contributed by atoms with van der Waals surface area (Å²) in [6.07, 6.45) is -4.70. The summed E-state index contributed by atoms with van der Waals surface area (Å²) in [6, 6.07) is 6.76. The van der Waals surface area contributed by atoms with Crippen LogP contribution in [0.4, 0.5) is 11.4 Å². The number of rotatable bonds is 10. The summed E-state index contributed by atoms with van der Waals surface area (Å²) in [5.41, 5.74) is 1.26. The maximum Gasteiger partial charge on any atom is 0.303 e. The smallest absolute Gasteiger partial charge is 0.303 e. The SMILES string of the molecule is CC(=O)OC[C@H](OC(C)=O)[C@@H](OC(C)=O)[C@H](OC(C)=O)C(=O)Nc1ccc(N(C)C)cc1. The van der Waals surface area contributed by atoms with Crippen molar-refractivity contribution in [3.05, 3.63) is 24.3 Å². The third kappa shape index (κ3) is 9.02. The van der Waals surface area contributed by atoms with E-state index in [4.69, 9.17) is 18.9 Å². The molecule has 0 aromatic heterocycles. The summed E-state index contributed by atoms with van der Waals surface area (Å²) in [7, 11) is 3.71. The molecule has 0 aliphatic rings. The monoisotopic (exact) mass is 452 g/mol. The van der Waals surface area contributed by atoms with Crippen molar-refractivity contribution in [2.24, 2.45) is 0 Å². The lowest BCUT2D eigenvalue weighted by molar-refractivity contribution is -0.190. The molecule has 0 bridgehead atoms. The number of nitrogens with zero attached hydrogens (tertiary/aromatic N) is 1. The molecule has 1 amide bonds. The number of hydrogen-bond acceptors (Lipinski definition) is 10. The molecule has 0 radical (unpaired) electrons. The Labute approximate surface area is 185 Å². The van der Waals surface area contributed by atoms with Crippen molar-refractivity contribution < 1.29 is 42.9 Å². The van der Waals surface area contributed by atoms with Gasteiger partial charge in [0.05, 0.1) is 0 Å². The van der Waals surface area contributed by atoms with E-state index < -0.39 is 54.7 Å². The van der Waals surface area contributed by atoms with E-state index >= 15 is 0 Å². The van der Waals surface area contributed by atoms with E-state index in [2.05, 4.69) is 5.32 Å². The van der Waals surface area contributed by atoms with Crippen LogP contribution in [0.2, 0.25) is 0 Å². The van der Waals surface area contributed by atoms with Gasteiger partial charge in [-0.2, -0.15) is 0 Å². The summed E-state index contributed by atoms with van der Waals surface area (Å²) in [5.74, 6) is -4.02. The first-order valence-corrected chi connectivity index (χ1v) is 9.64. The molecule has 3 atom stereocenters. The standard InChI is InChI=1S/C21H28N2O9/c1-12(24)29-11-18(30-13(2)25)19(31-14(3)26)20(32-15(4)27)21(28)22-16-7-9-17(10-8-16)23(5)6/h7-10,18-20H,11H2,1-6H3,(H,22,28)/t18-,19+,20-/m0/s1. The Balaban J connectivity index is 3.26. The number of carbonyl (C=O) groups excluding carboxylic acids is 5. The topological polar surface area (TPSA) is 138 Å². The van der Waals surface area contributed by atoms with Gasteiger partial charge in [0.1, 0.15) is 6.61 Å². The van der Waals surface area contributed by atoms with Crippen molar-refractivity contribution in [2.45, 2.75) is 46.0 Å². The molecule has 1 aromatic carbocycles.